The molecule has 0 bridgehead atoms. The molecule has 1 atom stereocenters. The lowest BCUT2D eigenvalue weighted by Crippen LogP contribution is -2.18. The normalized spacial score (nSPS) is 22.5. The Kier molecular flexibility index (Phi) is 3.27. The highest BCUT2D eigenvalue weighted by Crippen LogP contribution is 2.38. The van der Waals surface area contributed by atoms with E-state index in [1.54, 1.807) is 0 Å². The molecule has 0 aromatic carbocycles. The quantitative estimate of drug-likeness (QED) is 0.869. The fraction of sp³-hybridized carbons (Fsp3) is 0.643. The van der Waals surface area contributed by atoms with E-state index < -0.39 is 0 Å². The second-order valence-electron chi connectivity index (χ2n) is 6.05. The maximum Gasteiger partial charge on any atom is 0.128 e. The summed E-state index contributed by atoms with van der Waals surface area (Å²) in [5, 5.41) is 3.58. The Labute approximate surface area is 104 Å². The zero-order valence-corrected chi connectivity index (χ0v) is 11.3. The summed E-state index contributed by atoms with van der Waals surface area (Å²) in [5.41, 5.74) is 1.63. The molecule has 1 saturated carbocycles. The van der Waals surface area contributed by atoms with Gasteiger partial charge in [-0.2, -0.15) is 0 Å². The monoisotopic (exact) mass is 233 g/mol. The molecule has 0 radical (unpaired) electrons. The van der Waals surface area contributed by atoms with Crippen LogP contribution < -0.4 is 10.2 Å². The summed E-state index contributed by atoms with van der Waals surface area (Å²) in [5.74, 6) is 1.00. The predicted molar refractivity (Wildman–Crippen MR) is 73.6 cm³/mol. The van der Waals surface area contributed by atoms with E-state index in [1.165, 1.54) is 19.3 Å². The van der Waals surface area contributed by atoms with Crippen LogP contribution in [-0.2, 0) is 0 Å². The van der Waals surface area contributed by atoms with Crippen LogP contribution in [-0.4, -0.2) is 25.1 Å². The molecule has 3 nitrogen and oxygen atoms in total. The van der Waals surface area contributed by atoms with Gasteiger partial charge in [-0.3, -0.25) is 0 Å². The predicted octanol–water partition coefficient (Wildman–Crippen LogP) is 3.14. The van der Waals surface area contributed by atoms with Crippen molar-refractivity contribution in [1.82, 2.24) is 4.98 Å². The number of hydrogen-bond donors (Lipinski definition) is 1. The molecule has 1 aliphatic rings. The van der Waals surface area contributed by atoms with Crippen molar-refractivity contribution in [3.8, 4) is 0 Å². The number of anilines is 2. The molecule has 1 fully saturated rings. The van der Waals surface area contributed by atoms with Gasteiger partial charge in [-0.1, -0.05) is 13.8 Å². The summed E-state index contributed by atoms with van der Waals surface area (Å²) in [6.07, 6.45) is 5.76. The van der Waals surface area contributed by atoms with E-state index in [1.807, 2.05) is 25.2 Å². The third kappa shape index (κ3) is 3.11. The van der Waals surface area contributed by atoms with Gasteiger partial charge in [-0.05, 0) is 36.8 Å². The summed E-state index contributed by atoms with van der Waals surface area (Å²) in [6, 6.07) is 4.79. The van der Waals surface area contributed by atoms with Crippen molar-refractivity contribution in [3.63, 3.8) is 0 Å². The SMILES string of the molecule is CN(C)c1ccc(NC2CCC(C)(C)C2)cn1. The molecular weight excluding hydrogens is 210 g/mol. The first-order valence-corrected chi connectivity index (χ1v) is 6.36. The molecular formula is C14H23N3. The minimum Gasteiger partial charge on any atom is -0.381 e. The van der Waals surface area contributed by atoms with E-state index in [4.69, 9.17) is 0 Å². The fourth-order valence-electron chi connectivity index (χ4n) is 2.53. The topological polar surface area (TPSA) is 28.2 Å². The number of nitrogens with one attached hydrogen (secondary N) is 1. The summed E-state index contributed by atoms with van der Waals surface area (Å²) >= 11 is 0. The Morgan fingerprint density at radius 1 is 1.35 bits per heavy atom. The van der Waals surface area contributed by atoms with E-state index in [-0.39, 0.29) is 0 Å². The van der Waals surface area contributed by atoms with Crippen LogP contribution in [0.2, 0.25) is 0 Å². The molecule has 0 saturated heterocycles. The lowest BCUT2D eigenvalue weighted by atomic mass is 9.92. The summed E-state index contributed by atoms with van der Waals surface area (Å²) in [4.78, 5) is 6.44. The van der Waals surface area contributed by atoms with Crippen molar-refractivity contribution >= 4 is 11.5 Å². The average molecular weight is 233 g/mol. The molecule has 0 aliphatic heterocycles. The number of pyridine rings is 1. The average Bonchev–Trinajstić information content (AvgIpc) is 2.59. The molecule has 17 heavy (non-hydrogen) atoms. The molecule has 94 valence electrons. The van der Waals surface area contributed by atoms with Crippen LogP contribution in [0.15, 0.2) is 18.3 Å². The smallest absolute Gasteiger partial charge is 0.128 e. The van der Waals surface area contributed by atoms with Crippen molar-refractivity contribution in [2.24, 2.45) is 5.41 Å². The molecule has 0 spiro atoms. The highest BCUT2D eigenvalue weighted by molar-refractivity contribution is 5.48. The molecule has 0 amide bonds. The minimum atomic E-state index is 0.495. The first kappa shape index (κ1) is 12.2. The van der Waals surface area contributed by atoms with Crippen LogP contribution in [0.1, 0.15) is 33.1 Å². The highest BCUT2D eigenvalue weighted by Gasteiger charge is 2.30. The van der Waals surface area contributed by atoms with Crippen LogP contribution in [0.5, 0.6) is 0 Å². The van der Waals surface area contributed by atoms with Crippen molar-refractivity contribution in [1.29, 1.82) is 0 Å². The Morgan fingerprint density at radius 3 is 2.59 bits per heavy atom. The van der Waals surface area contributed by atoms with Crippen molar-refractivity contribution < 1.29 is 0 Å². The minimum absolute atomic E-state index is 0.495. The van der Waals surface area contributed by atoms with Gasteiger partial charge < -0.3 is 10.2 Å². The van der Waals surface area contributed by atoms with E-state index in [2.05, 4.69) is 36.3 Å². The summed E-state index contributed by atoms with van der Waals surface area (Å²) in [6.45, 7) is 4.70. The first-order valence-electron chi connectivity index (χ1n) is 6.36. The van der Waals surface area contributed by atoms with E-state index in [0.717, 1.165) is 11.5 Å². The third-order valence-electron chi connectivity index (χ3n) is 3.55. The van der Waals surface area contributed by atoms with Gasteiger partial charge in [0.25, 0.3) is 0 Å². The van der Waals surface area contributed by atoms with Crippen molar-refractivity contribution in [2.75, 3.05) is 24.3 Å². The molecule has 1 aromatic rings. The van der Waals surface area contributed by atoms with Gasteiger partial charge in [0, 0.05) is 20.1 Å². The van der Waals surface area contributed by atoms with Crippen LogP contribution in [0.4, 0.5) is 11.5 Å². The number of rotatable bonds is 3. The Balaban J connectivity index is 1.96. The van der Waals surface area contributed by atoms with Gasteiger partial charge in [0.1, 0.15) is 5.82 Å². The molecule has 1 heterocycles. The van der Waals surface area contributed by atoms with Gasteiger partial charge in [0.05, 0.1) is 11.9 Å². The summed E-state index contributed by atoms with van der Waals surface area (Å²) in [7, 11) is 4.02. The molecule has 1 aromatic heterocycles. The molecule has 1 N–H and O–H groups in total. The highest BCUT2D eigenvalue weighted by atomic mass is 15.1. The van der Waals surface area contributed by atoms with E-state index >= 15 is 0 Å². The van der Waals surface area contributed by atoms with Gasteiger partial charge in [0.15, 0.2) is 0 Å². The number of hydrogen-bond acceptors (Lipinski definition) is 3. The number of aromatic nitrogens is 1. The van der Waals surface area contributed by atoms with Gasteiger partial charge in [-0.15, -0.1) is 0 Å². The zero-order chi connectivity index (χ0) is 12.5. The molecule has 2 rings (SSSR count). The third-order valence-corrected chi connectivity index (χ3v) is 3.55. The summed E-state index contributed by atoms with van der Waals surface area (Å²) < 4.78 is 0. The lowest BCUT2D eigenvalue weighted by molar-refractivity contribution is 0.378. The Morgan fingerprint density at radius 2 is 2.12 bits per heavy atom. The first-order chi connectivity index (χ1) is 7.96. The molecule has 1 aliphatic carbocycles. The largest absolute Gasteiger partial charge is 0.381 e. The lowest BCUT2D eigenvalue weighted by Gasteiger charge is -2.19. The van der Waals surface area contributed by atoms with Crippen LogP contribution in [0.25, 0.3) is 0 Å². The van der Waals surface area contributed by atoms with Crippen LogP contribution in [0, 0.1) is 5.41 Å². The van der Waals surface area contributed by atoms with Crippen molar-refractivity contribution in [3.05, 3.63) is 18.3 Å². The Bertz CT molecular complexity index is 368. The second kappa shape index (κ2) is 4.55. The second-order valence-corrected chi connectivity index (χ2v) is 6.05. The fourth-order valence-corrected chi connectivity index (χ4v) is 2.53. The maximum atomic E-state index is 4.42. The van der Waals surface area contributed by atoms with Crippen molar-refractivity contribution in [2.45, 2.75) is 39.2 Å². The molecule has 1 unspecified atom stereocenters. The van der Waals surface area contributed by atoms with E-state index in [0.29, 0.717) is 11.5 Å². The van der Waals surface area contributed by atoms with E-state index in [9.17, 15) is 0 Å². The maximum absolute atomic E-state index is 4.42. The van der Waals surface area contributed by atoms with Gasteiger partial charge >= 0.3 is 0 Å². The standard InChI is InChI=1S/C14H23N3/c1-14(2)8-7-11(9-14)16-12-5-6-13(15-10-12)17(3)4/h5-6,10-11,16H,7-9H2,1-4H3. The van der Waals surface area contributed by atoms with Crippen LogP contribution >= 0.6 is 0 Å². The molecule has 3 heteroatoms. The van der Waals surface area contributed by atoms with Crippen LogP contribution in [0.3, 0.4) is 0 Å². The zero-order valence-electron chi connectivity index (χ0n) is 11.3. The van der Waals surface area contributed by atoms with Gasteiger partial charge in [-0.25, -0.2) is 4.98 Å². The Hall–Kier alpha value is -1.25. The number of nitrogens with zero attached hydrogens (tertiary/aromatic N) is 2. The van der Waals surface area contributed by atoms with Gasteiger partial charge in [0.2, 0.25) is 0 Å².